The molecule has 2 heterocycles. The molecule has 2 aromatic heterocycles. The van der Waals surface area contributed by atoms with Crippen LogP contribution in [0.25, 0.3) is 5.65 Å². The van der Waals surface area contributed by atoms with Crippen molar-refractivity contribution in [2.24, 2.45) is 0 Å². The van der Waals surface area contributed by atoms with Gasteiger partial charge < -0.3 is 15.2 Å². The number of hydrogen-bond acceptors (Lipinski definition) is 5. The molecule has 0 saturated carbocycles. The Kier molecular flexibility index (Phi) is 6.56. The summed E-state index contributed by atoms with van der Waals surface area (Å²) in [6, 6.07) is 8.12. The van der Waals surface area contributed by atoms with E-state index >= 15 is 0 Å². The summed E-state index contributed by atoms with van der Waals surface area (Å²) >= 11 is 12.0. The number of hydrogen-bond donors (Lipinski definition) is 2. The first-order chi connectivity index (χ1) is 13.5. The Labute approximate surface area is 170 Å². The summed E-state index contributed by atoms with van der Waals surface area (Å²) in [5.41, 5.74) is 0.386. The molecule has 28 heavy (non-hydrogen) atoms. The fraction of sp³-hybridized carbons (Fsp3) is 0.278. The molecule has 3 aromatic rings. The normalized spacial score (nSPS) is 11.0. The average molecular weight is 425 g/mol. The Hall–Kier alpha value is -2.55. The number of nitrogens with one attached hydrogen (secondary N) is 1. The number of aryl methyl sites for hydroxylation is 1. The number of aliphatic hydroxyl groups excluding tert-OH is 1. The van der Waals surface area contributed by atoms with Crippen molar-refractivity contribution >= 4 is 34.8 Å². The van der Waals surface area contributed by atoms with E-state index < -0.39 is 0 Å². The summed E-state index contributed by atoms with van der Waals surface area (Å²) < 4.78 is 8.22. The summed E-state index contributed by atoms with van der Waals surface area (Å²) in [6.07, 6.45) is 1.95. The minimum Gasteiger partial charge on any atom is -0.492 e. The van der Waals surface area contributed by atoms with E-state index in [1.54, 1.807) is 30.3 Å². The van der Waals surface area contributed by atoms with Crippen LogP contribution in [0.3, 0.4) is 0 Å². The summed E-state index contributed by atoms with van der Waals surface area (Å²) in [5, 5.41) is 16.5. The van der Waals surface area contributed by atoms with E-state index in [0.29, 0.717) is 46.6 Å². The first kappa shape index (κ1) is 20.2. The largest absolute Gasteiger partial charge is 0.492 e. The van der Waals surface area contributed by atoms with Gasteiger partial charge in [-0.15, -0.1) is 5.10 Å². The molecule has 1 amide bonds. The molecular formula is C18H18Cl2N4O4. The van der Waals surface area contributed by atoms with Crippen LogP contribution in [0.5, 0.6) is 5.75 Å². The molecule has 0 spiro atoms. The van der Waals surface area contributed by atoms with E-state index in [-0.39, 0.29) is 24.7 Å². The van der Waals surface area contributed by atoms with Gasteiger partial charge in [0.05, 0.1) is 23.8 Å². The maximum absolute atomic E-state index is 12.5. The monoisotopic (exact) mass is 424 g/mol. The second-order valence-corrected chi connectivity index (χ2v) is 6.75. The molecule has 2 N–H and O–H groups in total. The van der Waals surface area contributed by atoms with Gasteiger partial charge in [-0.1, -0.05) is 23.2 Å². The van der Waals surface area contributed by atoms with Crippen molar-refractivity contribution in [2.45, 2.75) is 13.0 Å². The third-order valence-corrected chi connectivity index (χ3v) is 4.45. The van der Waals surface area contributed by atoms with Crippen LogP contribution in [0.15, 0.2) is 41.3 Å². The van der Waals surface area contributed by atoms with Gasteiger partial charge in [0, 0.05) is 36.8 Å². The molecule has 1 aromatic carbocycles. The van der Waals surface area contributed by atoms with Crippen molar-refractivity contribution < 1.29 is 14.6 Å². The maximum atomic E-state index is 12.5. The molecule has 0 aliphatic carbocycles. The van der Waals surface area contributed by atoms with Crippen molar-refractivity contribution in [3.05, 3.63) is 62.6 Å². The number of carbonyl (C=O) groups excluding carboxylic acids is 1. The van der Waals surface area contributed by atoms with Crippen LogP contribution in [0.2, 0.25) is 10.0 Å². The Morgan fingerprint density at radius 1 is 1.25 bits per heavy atom. The van der Waals surface area contributed by atoms with Crippen molar-refractivity contribution in [2.75, 3.05) is 19.8 Å². The number of carbonyl (C=O) groups is 1. The van der Waals surface area contributed by atoms with Gasteiger partial charge in [0.1, 0.15) is 5.75 Å². The lowest BCUT2D eigenvalue weighted by Crippen LogP contribution is -2.27. The zero-order chi connectivity index (χ0) is 20.1. The van der Waals surface area contributed by atoms with Gasteiger partial charge in [-0.3, -0.25) is 4.79 Å². The number of aromatic nitrogens is 3. The number of halogens is 2. The second kappa shape index (κ2) is 9.09. The number of amides is 1. The van der Waals surface area contributed by atoms with Gasteiger partial charge in [-0.25, -0.2) is 13.9 Å². The van der Waals surface area contributed by atoms with Crippen molar-refractivity contribution in [1.29, 1.82) is 0 Å². The lowest BCUT2D eigenvalue weighted by Gasteiger charge is -2.08. The summed E-state index contributed by atoms with van der Waals surface area (Å²) in [4.78, 5) is 24.5. The minimum atomic E-state index is -0.373. The predicted octanol–water partition coefficient (Wildman–Crippen LogP) is 1.99. The van der Waals surface area contributed by atoms with Crippen LogP contribution < -0.4 is 15.7 Å². The molecule has 0 atom stereocenters. The number of fused-ring (bicyclic) bond motifs is 1. The summed E-state index contributed by atoms with van der Waals surface area (Å²) in [7, 11) is 0. The third kappa shape index (κ3) is 4.64. The van der Waals surface area contributed by atoms with Crippen LogP contribution >= 0.6 is 23.2 Å². The van der Waals surface area contributed by atoms with Crippen molar-refractivity contribution in [1.82, 2.24) is 19.5 Å². The molecule has 148 valence electrons. The highest BCUT2D eigenvalue weighted by Gasteiger charge is 2.11. The molecule has 0 fully saturated rings. The zero-order valence-corrected chi connectivity index (χ0v) is 16.3. The molecule has 8 nitrogen and oxygen atoms in total. The molecule has 3 rings (SSSR count). The highest BCUT2D eigenvalue weighted by molar-refractivity contribution is 6.34. The topological polar surface area (TPSA) is 97.9 Å². The number of ether oxygens (including phenoxy) is 1. The van der Waals surface area contributed by atoms with Crippen LogP contribution in [0.1, 0.15) is 16.8 Å². The van der Waals surface area contributed by atoms with Crippen LogP contribution in [0, 0.1) is 0 Å². The van der Waals surface area contributed by atoms with Gasteiger partial charge >= 0.3 is 5.69 Å². The SMILES string of the molecule is O=C(NCCO)c1ccc2nn(CCCOc3cc(Cl)ccc3Cl)c(=O)n2c1. The third-order valence-electron chi connectivity index (χ3n) is 3.90. The number of benzene rings is 1. The zero-order valence-electron chi connectivity index (χ0n) is 14.8. The van der Waals surface area contributed by atoms with E-state index in [2.05, 4.69) is 10.4 Å². The molecule has 0 radical (unpaired) electrons. The van der Waals surface area contributed by atoms with E-state index in [9.17, 15) is 9.59 Å². The Morgan fingerprint density at radius 3 is 2.86 bits per heavy atom. The first-order valence-electron chi connectivity index (χ1n) is 8.56. The number of aliphatic hydroxyl groups is 1. The van der Waals surface area contributed by atoms with Crippen LogP contribution in [0.4, 0.5) is 0 Å². The van der Waals surface area contributed by atoms with E-state index in [4.69, 9.17) is 33.0 Å². The quantitative estimate of drug-likeness (QED) is 0.538. The van der Waals surface area contributed by atoms with Crippen molar-refractivity contribution in [3.63, 3.8) is 0 Å². The van der Waals surface area contributed by atoms with E-state index in [1.165, 1.54) is 15.3 Å². The van der Waals surface area contributed by atoms with E-state index in [0.717, 1.165) is 0 Å². The molecule has 0 bridgehead atoms. The Morgan fingerprint density at radius 2 is 2.07 bits per heavy atom. The van der Waals surface area contributed by atoms with Crippen LogP contribution in [-0.2, 0) is 6.54 Å². The van der Waals surface area contributed by atoms with Gasteiger partial charge in [0.15, 0.2) is 5.65 Å². The number of rotatable bonds is 8. The molecule has 0 unspecified atom stereocenters. The minimum absolute atomic E-state index is 0.141. The average Bonchev–Trinajstić information content (AvgIpc) is 3.01. The van der Waals surface area contributed by atoms with Gasteiger partial charge in [-0.05, 0) is 24.3 Å². The van der Waals surface area contributed by atoms with Gasteiger partial charge in [-0.2, -0.15) is 0 Å². The van der Waals surface area contributed by atoms with E-state index in [1.807, 2.05) is 0 Å². The predicted molar refractivity (Wildman–Crippen MR) is 105 cm³/mol. The fourth-order valence-electron chi connectivity index (χ4n) is 2.55. The van der Waals surface area contributed by atoms with Gasteiger partial charge in [0.2, 0.25) is 0 Å². The lowest BCUT2D eigenvalue weighted by molar-refractivity contribution is 0.0944. The highest BCUT2D eigenvalue weighted by atomic mass is 35.5. The summed E-state index contributed by atoms with van der Waals surface area (Å²) in [5.74, 6) is 0.109. The number of nitrogens with zero attached hydrogens (tertiary/aromatic N) is 3. The smallest absolute Gasteiger partial charge is 0.350 e. The van der Waals surface area contributed by atoms with Crippen LogP contribution in [-0.4, -0.2) is 45.0 Å². The summed E-state index contributed by atoms with van der Waals surface area (Å²) in [6.45, 7) is 0.649. The highest BCUT2D eigenvalue weighted by Crippen LogP contribution is 2.27. The Balaban J connectivity index is 1.65. The standard InChI is InChI=1S/C18H18Cl2N4O4/c19-13-3-4-14(20)15(10-13)28-9-1-7-24-18(27)23-11-12(2-5-16(23)22-24)17(26)21-6-8-25/h2-5,10-11,25H,1,6-9H2,(H,21,26). The molecular weight excluding hydrogens is 407 g/mol. The fourth-order valence-corrected chi connectivity index (χ4v) is 2.89. The maximum Gasteiger partial charge on any atom is 0.350 e. The van der Waals surface area contributed by atoms with Crippen molar-refractivity contribution in [3.8, 4) is 5.75 Å². The first-order valence-corrected chi connectivity index (χ1v) is 9.31. The molecule has 0 aliphatic heterocycles. The number of pyridine rings is 1. The van der Waals surface area contributed by atoms with Gasteiger partial charge in [0.25, 0.3) is 5.91 Å². The second-order valence-electron chi connectivity index (χ2n) is 5.91. The molecule has 0 saturated heterocycles. The molecule has 10 heteroatoms. The lowest BCUT2D eigenvalue weighted by atomic mass is 10.2. The molecule has 0 aliphatic rings. The Bertz CT molecular complexity index is 1050.